The van der Waals surface area contributed by atoms with Gasteiger partial charge in [0.25, 0.3) is 5.91 Å². The molecule has 0 amide bonds. The van der Waals surface area contributed by atoms with Crippen LogP contribution in [0.1, 0.15) is 10.4 Å². The number of benzene rings is 1. The van der Waals surface area contributed by atoms with Crippen LogP contribution >= 0.6 is 0 Å². The van der Waals surface area contributed by atoms with E-state index in [-0.39, 0.29) is 5.56 Å². The van der Waals surface area contributed by atoms with E-state index < -0.39 is 11.7 Å². The molecule has 1 aromatic heterocycles. The average Bonchev–Trinajstić information content (AvgIpc) is 2.70. The Kier molecular flexibility index (Phi) is 2.10. The molecule has 0 unspecified atom stereocenters. The molecule has 0 aliphatic rings. The highest BCUT2D eigenvalue weighted by atomic mass is 19.1. The molecule has 70 valence electrons. The van der Waals surface area contributed by atoms with Gasteiger partial charge in [0.2, 0.25) is 0 Å². The van der Waals surface area contributed by atoms with Crippen molar-refractivity contribution in [1.29, 1.82) is 0 Å². The SMILES string of the molecule is O=C(c1ccccc1F)n1cccn1. The van der Waals surface area contributed by atoms with Crippen LogP contribution < -0.4 is 0 Å². The molecule has 1 heterocycles. The number of carbonyl (C=O) groups excluding carboxylic acids is 1. The highest BCUT2D eigenvalue weighted by Gasteiger charge is 2.12. The molecule has 0 spiro atoms. The van der Waals surface area contributed by atoms with E-state index in [1.165, 1.54) is 30.6 Å². The van der Waals surface area contributed by atoms with Gasteiger partial charge < -0.3 is 0 Å². The number of nitrogens with zero attached hydrogens (tertiary/aromatic N) is 2. The first kappa shape index (κ1) is 8.62. The molecule has 0 aliphatic heterocycles. The fourth-order valence-corrected chi connectivity index (χ4v) is 1.15. The van der Waals surface area contributed by atoms with Crippen LogP contribution in [0, 0.1) is 5.82 Å². The monoisotopic (exact) mass is 190 g/mol. The van der Waals surface area contributed by atoms with Gasteiger partial charge in [-0.2, -0.15) is 5.10 Å². The lowest BCUT2D eigenvalue weighted by Crippen LogP contribution is -2.13. The van der Waals surface area contributed by atoms with Crippen LogP contribution in [-0.4, -0.2) is 15.7 Å². The largest absolute Gasteiger partial charge is 0.281 e. The first-order chi connectivity index (χ1) is 6.79. The van der Waals surface area contributed by atoms with Gasteiger partial charge in [-0.3, -0.25) is 4.79 Å². The summed E-state index contributed by atoms with van der Waals surface area (Å²) in [6.45, 7) is 0. The molecule has 2 rings (SSSR count). The van der Waals surface area contributed by atoms with Crippen molar-refractivity contribution in [1.82, 2.24) is 9.78 Å². The zero-order valence-corrected chi connectivity index (χ0v) is 7.22. The Bertz CT molecular complexity index is 451. The lowest BCUT2D eigenvalue weighted by atomic mass is 10.2. The topological polar surface area (TPSA) is 34.9 Å². The number of hydrogen-bond acceptors (Lipinski definition) is 2. The minimum atomic E-state index is -0.534. The zero-order valence-electron chi connectivity index (χ0n) is 7.22. The predicted molar refractivity (Wildman–Crippen MR) is 48.4 cm³/mol. The fraction of sp³-hybridized carbons (Fsp3) is 0. The smallest absolute Gasteiger partial charge is 0.267 e. The van der Waals surface area contributed by atoms with Gasteiger partial charge in [-0.1, -0.05) is 12.1 Å². The summed E-state index contributed by atoms with van der Waals surface area (Å²) in [6, 6.07) is 7.43. The highest BCUT2D eigenvalue weighted by Crippen LogP contribution is 2.07. The standard InChI is InChI=1S/C10H7FN2O/c11-9-5-2-1-4-8(9)10(14)13-7-3-6-12-13/h1-7H. The molecule has 4 heteroatoms. The first-order valence-corrected chi connectivity index (χ1v) is 4.08. The maximum Gasteiger partial charge on any atom is 0.281 e. The van der Waals surface area contributed by atoms with Gasteiger partial charge in [-0.15, -0.1) is 0 Å². The van der Waals surface area contributed by atoms with Gasteiger partial charge in [0.15, 0.2) is 0 Å². The normalized spacial score (nSPS) is 10.1. The molecule has 0 N–H and O–H groups in total. The summed E-state index contributed by atoms with van der Waals surface area (Å²) in [5, 5.41) is 3.73. The molecule has 1 aromatic carbocycles. The highest BCUT2D eigenvalue weighted by molar-refractivity contribution is 5.95. The van der Waals surface area contributed by atoms with Crippen molar-refractivity contribution in [2.24, 2.45) is 0 Å². The van der Waals surface area contributed by atoms with Gasteiger partial charge in [0, 0.05) is 12.4 Å². The van der Waals surface area contributed by atoms with Crippen LogP contribution in [0.5, 0.6) is 0 Å². The lowest BCUT2D eigenvalue weighted by molar-refractivity contribution is 0.0941. The summed E-state index contributed by atoms with van der Waals surface area (Å²) in [5.41, 5.74) is 0.0243. The third kappa shape index (κ3) is 1.42. The van der Waals surface area contributed by atoms with Crippen molar-refractivity contribution >= 4 is 5.91 Å². The van der Waals surface area contributed by atoms with E-state index in [9.17, 15) is 9.18 Å². The van der Waals surface area contributed by atoms with E-state index >= 15 is 0 Å². The van der Waals surface area contributed by atoms with Gasteiger partial charge >= 0.3 is 0 Å². The van der Waals surface area contributed by atoms with Crippen molar-refractivity contribution in [3.05, 3.63) is 54.1 Å². The first-order valence-electron chi connectivity index (χ1n) is 4.08. The van der Waals surface area contributed by atoms with E-state index in [4.69, 9.17) is 0 Å². The second kappa shape index (κ2) is 3.41. The molecule has 0 saturated carbocycles. The van der Waals surface area contributed by atoms with Crippen molar-refractivity contribution in [2.75, 3.05) is 0 Å². The summed E-state index contributed by atoms with van der Waals surface area (Å²) >= 11 is 0. The quantitative estimate of drug-likeness (QED) is 0.686. The molecule has 0 atom stereocenters. The summed E-state index contributed by atoms with van der Waals surface area (Å²) in [4.78, 5) is 11.6. The Morgan fingerprint density at radius 1 is 1.29 bits per heavy atom. The Morgan fingerprint density at radius 3 is 2.71 bits per heavy atom. The minimum absolute atomic E-state index is 0.0243. The number of halogens is 1. The molecule has 0 radical (unpaired) electrons. The Hall–Kier alpha value is -1.97. The second-order valence-electron chi connectivity index (χ2n) is 2.74. The molecular weight excluding hydrogens is 183 g/mol. The molecule has 0 fully saturated rings. The number of carbonyl (C=O) groups is 1. The third-order valence-electron chi connectivity index (χ3n) is 1.82. The molecule has 3 nitrogen and oxygen atoms in total. The van der Waals surface area contributed by atoms with E-state index in [1.807, 2.05) is 0 Å². The van der Waals surface area contributed by atoms with Crippen LogP contribution in [0.25, 0.3) is 0 Å². The van der Waals surface area contributed by atoms with E-state index in [0.717, 1.165) is 4.68 Å². The summed E-state index contributed by atoms with van der Waals surface area (Å²) in [5.74, 6) is -0.999. The van der Waals surface area contributed by atoms with E-state index in [0.29, 0.717) is 0 Å². The second-order valence-corrected chi connectivity index (χ2v) is 2.74. The van der Waals surface area contributed by atoms with Crippen LogP contribution in [0.3, 0.4) is 0 Å². The lowest BCUT2D eigenvalue weighted by Gasteiger charge is -2.00. The maximum atomic E-state index is 13.2. The minimum Gasteiger partial charge on any atom is -0.267 e. The number of hydrogen-bond donors (Lipinski definition) is 0. The predicted octanol–water partition coefficient (Wildman–Crippen LogP) is 1.71. The molecule has 2 aromatic rings. The maximum absolute atomic E-state index is 13.2. The van der Waals surface area contributed by atoms with E-state index in [1.54, 1.807) is 12.1 Å². The Labute approximate surface area is 79.8 Å². The van der Waals surface area contributed by atoms with Crippen molar-refractivity contribution < 1.29 is 9.18 Å². The van der Waals surface area contributed by atoms with Crippen LogP contribution in [-0.2, 0) is 0 Å². The molecular formula is C10H7FN2O. The number of aromatic nitrogens is 2. The molecule has 0 aliphatic carbocycles. The van der Waals surface area contributed by atoms with Crippen LogP contribution in [0.2, 0.25) is 0 Å². The fourth-order valence-electron chi connectivity index (χ4n) is 1.15. The molecule has 0 bridgehead atoms. The molecule has 0 saturated heterocycles. The number of rotatable bonds is 1. The molecule has 14 heavy (non-hydrogen) atoms. The van der Waals surface area contributed by atoms with Crippen molar-refractivity contribution in [3.8, 4) is 0 Å². The summed E-state index contributed by atoms with van der Waals surface area (Å²) in [6.07, 6.45) is 2.95. The van der Waals surface area contributed by atoms with Crippen LogP contribution in [0.4, 0.5) is 4.39 Å². The van der Waals surface area contributed by atoms with Crippen molar-refractivity contribution in [2.45, 2.75) is 0 Å². The average molecular weight is 190 g/mol. The Morgan fingerprint density at radius 2 is 2.07 bits per heavy atom. The van der Waals surface area contributed by atoms with Gasteiger partial charge in [0.05, 0.1) is 5.56 Å². The van der Waals surface area contributed by atoms with Gasteiger partial charge in [0.1, 0.15) is 5.82 Å². The van der Waals surface area contributed by atoms with Crippen LogP contribution in [0.15, 0.2) is 42.7 Å². The Balaban J connectivity index is 2.42. The summed E-state index contributed by atoms with van der Waals surface area (Å²) < 4.78 is 14.3. The van der Waals surface area contributed by atoms with Gasteiger partial charge in [-0.05, 0) is 18.2 Å². The third-order valence-corrected chi connectivity index (χ3v) is 1.82. The van der Waals surface area contributed by atoms with Gasteiger partial charge in [-0.25, -0.2) is 9.07 Å². The zero-order chi connectivity index (χ0) is 9.97. The summed E-state index contributed by atoms with van der Waals surface area (Å²) in [7, 11) is 0. The van der Waals surface area contributed by atoms with Crippen molar-refractivity contribution in [3.63, 3.8) is 0 Å². The van der Waals surface area contributed by atoms with E-state index in [2.05, 4.69) is 5.10 Å².